The van der Waals surface area contributed by atoms with Crippen LogP contribution in [0.4, 0.5) is 0 Å². The number of rotatable bonds is 3. The molecule has 1 atom stereocenters. The van der Waals surface area contributed by atoms with Crippen LogP contribution in [0.15, 0.2) is 30.3 Å². The minimum absolute atomic E-state index is 0.271. The zero-order valence-corrected chi connectivity index (χ0v) is 11.4. The number of hydrogen-bond acceptors (Lipinski definition) is 3. The lowest BCUT2D eigenvalue weighted by Gasteiger charge is -2.23. The van der Waals surface area contributed by atoms with E-state index in [1.165, 1.54) is 36.6 Å². The Labute approximate surface area is 114 Å². The monoisotopic (exact) mass is 255 g/mol. The van der Waals surface area contributed by atoms with Crippen LogP contribution in [-0.2, 0) is 0 Å². The first-order valence-corrected chi connectivity index (χ1v) is 7.11. The van der Waals surface area contributed by atoms with E-state index in [0.29, 0.717) is 5.92 Å². The van der Waals surface area contributed by atoms with Gasteiger partial charge in [0.05, 0.1) is 5.52 Å². The van der Waals surface area contributed by atoms with Crippen LogP contribution >= 0.6 is 0 Å². The highest BCUT2D eigenvalue weighted by atomic mass is 15.2. The van der Waals surface area contributed by atoms with Gasteiger partial charge in [0.2, 0.25) is 0 Å². The van der Waals surface area contributed by atoms with Crippen molar-refractivity contribution in [2.75, 3.05) is 0 Å². The number of nitrogens with one attached hydrogen (secondary N) is 1. The highest BCUT2D eigenvalue weighted by Crippen LogP contribution is 2.35. The minimum Gasteiger partial charge on any atom is -0.271 e. The van der Waals surface area contributed by atoms with Gasteiger partial charge in [0.15, 0.2) is 0 Å². The van der Waals surface area contributed by atoms with E-state index in [0.717, 1.165) is 11.2 Å². The predicted octanol–water partition coefficient (Wildman–Crippen LogP) is 3.24. The summed E-state index contributed by atoms with van der Waals surface area (Å²) in [5.74, 6) is 6.45. The molecule has 1 aromatic carbocycles. The molecule has 1 saturated carbocycles. The number of pyridine rings is 1. The first-order chi connectivity index (χ1) is 9.28. The zero-order valence-electron chi connectivity index (χ0n) is 11.4. The van der Waals surface area contributed by atoms with Crippen LogP contribution in [0.2, 0.25) is 0 Å². The number of hydrazine groups is 1. The Bertz CT molecular complexity index is 573. The van der Waals surface area contributed by atoms with Crippen LogP contribution < -0.4 is 11.3 Å². The van der Waals surface area contributed by atoms with Crippen LogP contribution in [0, 0.1) is 12.8 Å². The lowest BCUT2D eigenvalue weighted by molar-refractivity contribution is 0.374. The summed E-state index contributed by atoms with van der Waals surface area (Å²) >= 11 is 0. The Morgan fingerprint density at radius 3 is 2.74 bits per heavy atom. The molecule has 3 rings (SSSR count). The maximum Gasteiger partial charge on any atom is 0.0705 e. The molecule has 3 heteroatoms. The summed E-state index contributed by atoms with van der Waals surface area (Å²) in [6.07, 6.45) is 5.21. The number of nitrogens with zero attached hydrogens (tertiary/aromatic N) is 1. The molecule has 1 fully saturated rings. The van der Waals surface area contributed by atoms with E-state index in [-0.39, 0.29) is 6.04 Å². The van der Waals surface area contributed by atoms with Gasteiger partial charge in [-0.25, -0.2) is 0 Å². The molecule has 0 amide bonds. The summed E-state index contributed by atoms with van der Waals surface area (Å²) in [6, 6.07) is 11.0. The second-order valence-electron chi connectivity index (χ2n) is 5.59. The Balaban J connectivity index is 1.96. The van der Waals surface area contributed by atoms with E-state index in [1.54, 1.807) is 0 Å². The lowest BCUT2D eigenvalue weighted by Crippen LogP contribution is -2.32. The molecule has 19 heavy (non-hydrogen) atoms. The second-order valence-corrected chi connectivity index (χ2v) is 5.59. The molecule has 2 aromatic rings. The number of hydrogen-bond donors (Lipinski definition) is 2. The number of fused-ring (bicyclic) bond motifs is 1. The quantitative estimate of drug-likeness (QED) is 0.654. The number of benzene rings is 1. The normalized spacial score (nSPS) is 18.0. The fourth-order valence-corrected chi connectivity index (χ4v) is 3.23. The predicted molar refractivity (Wildman–Crippen MR) is 78.5 cm³/mol. The van der Waals surface area contributed by atoms with Gasteiger partial charge in [-0.2, -0.15) is 0 Å². The molecule has 0 saturated heterocycles. The van der Waals surface area contributed by atoms with Crippen molar-refractivity contribution in [3.8, 4) is 0 Å². The summed E-state index contributed by atoms with van der Waals surface area (Å²) in [6.45, 7) is 2.02. The molecule has 1 unspecified atom stereocenters. The molecule has 100 valence electrons. The van der Waals surface area contributed by atoms with Gasteiger partial charge in [0.25, 0.3) is 0 Å². The van der Waals surface area contributed by atoms with Crippen LogP contribution in [0.1, 0.15) is 43.0 Å². The third-order valence-electron chi connectivity index (χ3n) is 4.26. The fourth-order valence-electron chi connectivity index (χ4n) is 3.23. The molecule has 1 aliphatic rings. The van der Waals surface area contributed by atoms with Gasteiger partial charge in [-0.15, -0.1) is 0 Å². The average molecular weight is 255 g/mol. The SMILES string of the molecule is Cc1ccc2cc(C(NN)C3CCCC3)ccc2n1. The Morgan fingerprint density at radius 2 is 2.00 bits per heavy atom. The van der Waals surface area contributed by atoms with Gasteiger partial charge >= 0.3 is 0 Å². The molecular weight excluding hydrogens is 234 g/mol. The summed E-state index contributed by atoms with van der Waals surface area (Å²) in [5, 5.41) is 1.20. The summed E-state index contributed by atoms with van der Waals surface area (Å²) in [5.41, 5.74) is 6.42. The topological polar surface area (TPSA) is 50.9 Å². The molecule has 0 aliphatic heterocycles. The van der Waals surface area contributed by atoms with Crippen molar-refractivity contribution < 1.29 is 0 Å². The van der Waals surface area contributed by atoms with Gasteiger partial charge in [-0.3, -0.25) is 16.3 Å². The third kappa shape index (κ3) is 2.48. The Morgan fingerprint density at radius 1 is 1.21 bits per heavy atom. The van der Waals surface area contributed by atoms with Crippen molar-refractivity contribution in [1.29, 1.82) is 0 Å². The molecule has 1 aliphatic carbocycles. The van der Waals surface area contributed by atoms with Gasteiger partial charge in [-0.05, 0) is 49.4 Å². The zero-order chi connectivity index (χ0) is 13.2. The maximum absolute atomic E-state index is 5.79. The van der Waals surface area contributed by atoms with E-state index < -0.39 is 0 Å². The lowest BCUT2D eigenvalue weighted by atomic mass is 9.91. The van der Waals surface area contributed by atoms with Crippen molar-refractivity contribution in [3.05, 3.63) is 41.6 Å². The molecule has 3 nitrogen and oxygen atoms in total. The second kappa shape index (κ2) is 5.27. The highest BCUT2D eigenvalue weighted by molar-refractivity contribution is 5.79. The van der Waals surface area contributed by atoms with E-state index in [2.05, 4.69) is 40.7 Å². The summed E-state index contributed by atoms with van der Waals surface area (Å²) in [4.78, 5) is 4.55. The highest BCUT2D eigenvalue weighted by Gasteiger charge is 2.25. The first kappa shape index (κ1) is 12.6. The number of nitrogens with two attached hydrogens (primary N) is 1. The number of aryl methyl sites for hydroxylation is 1. The molecular formula is C16H21N3. The molecule has 0 bridgehead atoms. The van der Waals surface area contributed by atoms with Crippen LogP contribution in [0.3, 0.4) is 0 Å². The van der Waals surface area contributed by atoms with Crippen molar-refractivity contribution in [2.45, 2.75) is 38.6 Å². The van der Waals surface area contributed by atoms with E-state index in [9.17, 15) is 0 Å². The van der Waals surface area contributed by atoms with Gasteiger partial charge in [0, 0.05) is 17.1 Å². The van der Waals surface area contributed by atoms with E-state index >= 15 is 0 Å². The van der Waals surface area contributed by atoms with Gasteiger partial charge < -0.3 is 0 Å². The Hall–Kier alpha value is -1.45. The third-order valence-corrected chi connectivity index (χ3v) is 4.26. The molecule has 3 N–H and O–H groups in total. The van der Waals surface area contributed by atoms with Crippen LogP contribution in [0.25, 0.3) is 10.9 Å². The summed E-state index contributed by atoms with van der Waals surface area (Å²) in [7, 11) is 0. The minimum atomic E-state index is 0.271. The first-order valence-electron chi connectivity index (χ1n) is 7.11. The average Bonchev–Trinajstić information content (AvgIpc) is 2.93. The molecule has 1 aromatic heterocycles. The van der Waals surface area contributed by atoms with E-state index in [4.69, 9.17) is 5.84 Å². The maximum atomic E-state index is 5.79. The van der Waals surface area contributed by atoms with Crippen molar-refractivity contribution in [2.24, 2.45) is 11.8 Å². The van der Waals surface area contributed by atoms with Crippen LogP contribution in [-0.4, -0.2) is 4.98 Å². The smallest absolute Gasteiger partial charge is 0.0705 e. The van der Waals surface area contributed by atoms with E-state index in [1.807, 2.05) is 6.92 Å². The van der Waals surface area contributed by atoms with Gasteiger partial charge in [-0.1, -0.05) is 25.0 Å². The molecule has 0 spiro atoms. The van der Waals surface area contributed by atoms with Crippen molar-refractivity contribution in [3.63, 3.8) is 0 Å². The van der Waals surface area contributed by atoms with Gasteiger partial charge in [0.1, 0.15) is 0 Å². The number of aromatic nitrogens is 1. The molecule has 0 radical (unpaired) electrons. The fraction of sp³-hybridized carbons (Fsp3) is 0.438. The molecule has 1 heterocycles. The standard InChI is InChI=1S/C16H21N3/c1-11-6-7-13-10-14(8-9-15(13)18-11)16(19-17)12-4-2-3-5-12/h6-10,12,16,19H,2-5,17H2,1H3. The van der Waals surface area contributed by atoms with Crippen molar-refractivity contribution in [1.82, 2.24) is 10.4 Å². The van der Waals surface area contributed by atoms with Crippen LogP contribution in [0.5, 0.6) is 0 Å². The largest absolute Gasteiger partial charge is 0.271 e. The Kier molecular flexibility index (Phi) is 3.49. The summed E-state index contributed by atoms with van der Waals surface area (Å²) < 4.78 is 0. The van der Waals surface area contributed by atoms with Crippen molar-refractivity contribution >= 4 is 10.9 Å².